The number of nitrogens with zero attached hydrogens (tertiary/aromatic N) is 2. The summed E-state index contributed by atoms with van der Waals surface area (Å²) < 4.78 is 19.4. The molecule has 4 rings (SSSR count). The van der Waals surface area contributed by atoms with E-state index in [0.29, 0.717) is 47.1 Å². The van der Waals surface area contributed by atoms with E-state index in [9.17, 15) is 14.3 Å². The number of benzene rings is 2. The topological polar surface area (TPSA) is 84.3 Å². The highest BCUT2D eigenvalue weighted by Gasteiger charge is 2.18. The summed E-state index contributed by atoms with van der Waals surface area (Å²) in [6, 6.07) is 14.3. The third-order valence-corrected chi connectivity index (χ3v) is 5.85. The molecule has 2 aromatic heterocycles. The Labute approximate surface area is 182 Å². The van der Waals surface area contributed by atoms with E-state index in [-0.39, 0.29) is 10.7 Å². The number of carboxylic acid groups (broad SMARTS) is 1. The molecule has 0 spiro atoms. The van der Waals surface area contributed by atoms with Gasteiger partial charge in [-0.2, -0.15) is 0 Å². The zero-order chi connectivity index (χ0) is 21.8. The van der Waals surface area contributed by atoms with Gasteiger partial charge in [-0.3, -0.25) is 0 Å². The first-order valence-electron chi connectivity index (χ1n) is 9.78. The van der Waals surface area contributed by atoms with E-state index in [1.165, 1.54) is 12.4 Å². The van der Waals surface area contributed by atoms with Crippen LogP contribution in [0.4, 0.5) is 10.2 Å². The Kier molecular flexibility index (Phi) is 6.08. The lowest BCUT2D eigenvalue weighted by Gasteiger charge is -2.08. The van der Waals surface area contributed by atoms with Crippen molar-refractivity contribution in [1.29, 1.82) is 0 Å². The maximum absolute atomic E-state index is 14.0. The van der Waals surface area contributed by atoms with Gasteiger partial charge in [0, 0.05) is 24.1 Å². The van der Waals surface area contributed by atoms with Crippen molar-refractivity contribution < 1.29 is 19.0 Å². The number of aromatic carboxylic acids is 1. The molecule has 8 heteroatoms. The number of aromatic nitrogens is 2. The number of hydrogen-bond acceptors (Lipinski definition) is 6. The Hall–Kier alpha value is -3.52. The molecule has 0 saturated carbocycles. The molecular weight excluding hydrogens is 417 g/mol. The zero-order valence-corrected chi connectivity index (χ0v) is 17.6. The van der Waals surface area contributed by atoms with Crippen molar-refractivity contribution >= 4 is 33.9 Å². The summed E-state index contributed by atoms with van der Waals surface area (Å²) >= 11 is 1.11. The van der Waals surface area contributed by atoms with Gasteiger partial charge in [0.25, 0.3) is 0 Å². The van der Waals surface area contributed by atoms with Crippen LogP contribution in [0.1, 0.15) is 22.2 Å². The van der Waals surface area contributed by atoms with Crippen molar-refractivity contribution in [2.45, 2.75) is 13.3 Å². The number of carbonyl (C=O) groups is 1. The van der Waals surface area contributed by atoms with E-state index in [1.54, 1.807) is 25.1 Å². The minimum Gasteiger partial charge on any atom is -0.492 e. The van der Waals surface area contributed by atoms with Gasteiger partial charge in [-0.05, 0) is 36.4 Å². The molecule has 0 bridgehead atoms. The van der Waals surface area contributed by atoms with E-state index in [1.807, 2.05) is 24.3 Å². The Morgan fingerprint density at radius 1 is 1.19 bits per heavy atom. The standard InChI is InChI=1S/C23H20FN3O3S/c1-2-30-19-12-20(31-22(19)23(28)29)18-11-21(27-13-26-18)25-9-8-14-6-7-15-4-3-5-17(24)16(15)10-14/h3-7,10-13H,2,8-9H2,1H3,(H,28,29)(H,25,26,27). The third-order valence-electron chi connectivity index (χ3n) is 4.72. The predicted octanol–water partition coefficient (Wildman–Crippen LogP) is 5.25. The highest BCUT2D eigenvalue weighted by atomic mass is 32.1. The second kappa shape index (κ2) is 9.09. The van der Waals surface area contributed by atoms with Crippen LogP contribution in [0.25, 0.3) is 21.3 Å². The predicted molar refractivity (Wildman–Crippen MR) is 120 cm³/mol. The Balaban J connectivity index is 1.46. The van der Waals surface area contributed by atoms with Gasteiger partial charge in [0.15, 0.2) is 4.88 Å². The Morgan fingerprint density at radius 3 is 2.87 bits per heavy atom. The molecule has 0 aliphatic rings. The number of rotatable bonds is 8. The van der Waals surface area contributed by atoms with Gasteiger partial charge in [-0.1, -0.05) is 24.3 Å². The average molecular weight is 437 g/mol. The highest BCUT2D eigenvalue weighted by Crippen LogP contribution is 2.36. The fourth-order valence-electron chi connectivity index (χ4n) is 3.27. The molecule has 0 aliphatic heterocycles. The molecule has 4 aromatic rings. The third kappa shape index (κ3) is 4.64. The van der Waals surface area contributed by atoms with Crippen LogP contribution in [0.3, 0.4) is 0 Å². The monoisotopic (exact) mass is 437 g/mol. The highest BCUT2D eigenvalue weighted by molar-refractivity contribution is 7.17. The first kappa shape index (κ1) is 20.7. The van der Waals surface area contributed by atoms with Crippen molar-refractivity contribution in [2.24, 2.45) is 0 Å². The number of carboxylic acids is 1. The minimum atomic E-state index is -1.03. The van der Waals surface area contributed by atoms with Crippen molar-refractivity contribution in [2.75, 3.05) is 18.5 Å². The molecule has 0 atom stereocenters. The quantitative estimate of drug-likeness (QED) is 0.392. The van der Waals surface area contributed by atoms with E-state index in [0.717, 1.165) is 22.3 Å². The van der Waals surface area contributed by atoms with Gasteiger partial charge in [-0.25, -0.2) is 19.2 Å². The fraction of sp³-hybridized carbons (Fsp3) is 0.174. The summed E-state index contributed by atoms with van der Waals surface area (Å²) in [6.07, 6.45) is 2.13. The van der Waals surface area contributed by atoms with Crippen molar-refractivity contribution in [1.82, 2.24) is 9.97 Å². The van der Waals surface area contributed by atoms with E-state index >= 15 is 0 Å². The normalized spacial score (nSPS) is 10.9. The number of fused-ring (bicyclic) bond motifs is 1. The Bertz CT molecular complexity index is 1240. The molecule has 2 N–H and O–H groups in total. The van der Waals surface area contributed by atoms with Crippen LogP contribution in [0.2, 0.25) is 0 Å². The van der Waals surface area contributed by atoms with E-state index < -0.39 is 5.97 Å². The lowest BCUT2D eigenvalue weighted by atomic mass is 10.0. The summed E-state index contributed by atoms with van der Waals surface area (Å²) in [5.41, 5.74) is 1.63. The SMILES string of the molecule is CCOc1cc(-c2cc(NCCc3ccc4cccc(F)c4c3)ncn2)sc1C(=O)O. The van der Waals surface area contributed by atoms with Crippen LogP contribution >= 0.6 is 11.3 Å². The summed E-state index contributed by atoms with van der Waals surface area (Å²) in [5, 5.41) is 14.1. The molecule has 158 valence electrons. The van der Waals surface area contributed by atoms with Gasteiger partial charge in [0.2, 0.25) is 0 Å². The summed E-state index contributed by atoms with van der Waals surface area (Å²) in [5.74, 6) is -0.290. The van der Waals surface area contributed by atoms with Gasteiger partial charge >= 0.3 is 5.97 Å². The summed E-state index contributed by atoms with van der Waals surface area (Å²) in [6.45, 7) is 2.79. The minimum absolute atomic E-state index is 0.147. The zero-order valence-electron chi connectivity index (χ0n) is 16.8. The van der Waals surface area contributed by atoms with Gasteiger partial charge in [0.05, 0.1) is 17.2 Å². The first-order valence-corrected chi connectivity index (χ1v) is 10.6. The lowest BCUT2D eigenvalue weighted by Crippen LogP contribution is -2.06. The number of nitrogens with one attached hydrogen (secondary N) is 1. The molecule has 0 aliphatic carbocycles. The fourth-order valence-corrected chi connectivity index (χ4v) is 4.18. The van der Waals surface area contributed by atoms with E-state index in [4.69, 9.17) is 4.74 Å². The summed E-state index contributed by atoms with van der Waals surface area (Å²) in [4.78, 5) is 20.8. The molecule has 2 aromatic carbocycles. The van der Waals surface area contributed by atoms with Crippen molar-refractivity contribution in [3.05, 3.63) is 71.1 Å². The molecule has 0 amide bonds. The van der Waals surface area contributed by atoms with Gasteiger partial charge < -0.3 is 15.2 Å². The van der Waals surface area contributed by atoms with Crippen LogP contribution in [-0.2, 0) is 6.42 Å². The van der Waals surface area contributed by atoms with Gasteiger partial charge in [-0.15, -0.1) is 11.3 Å². The van der Waals surface area contributed by atoms with Crippen molar-refractivity contribution in [3.8, 4) is 16.3 Å². The maximum Gasteiger partial charge on any atom is 0.349 e. The smallest absolute Gasteiger partial charge is 0.349 e. The first-order chi connectivity index (χ1) is 15.0. The number of ether oxygens (including phenoxy) is 1. The molecule has 0 saturated heterocycles. The largest absolute Gasteiger partial charge is 0.492 e. The second-order valence-electron chi connectivity index (χ2n) is 6.80. The van der Waals surface area contributed by atoms with Crippen LogP contribution in [-0.4, -0.2) is 34.2 Å². The molecule has 0 radical (unpaired) electrons. The lowest BCUT2D eigenvalue weighted by molar-refractivity contribution is 0.0698. The summed E-state index contributed by atoms with van der Waals surface area (Å²) in [7, 11) is 0. The molecule has 6 nitrogen and oxygen atoms in total. The van der Waals surface area contributed by atoms with Crippen molar-refractivity contribution in [3.63, 3.8) is 0 Å². The molecule has 0 unspecified atom stereocenters. The van der Waals surface area contributed by atoms with Crippen LogP contribution in [0.15, 0.2) is 54.9 Å². The van der Waals surface area contributed by atoms with Crippen LogP contribution in [0, 0.1) is 5.82 Å². The maximum atomic E-state index is 14.0. The molecule has 31 heavy (non-hydrogen) atoms. The van der Waals surface area contributed by atoms with E-state index in [2.05, 4.69) is 15.3 Å². The molecule has 2 heterocycles. The number of halogens is 1. The second-order valence-corrected chi connectivity index (χ2v) is 7.85. The average Bonchev–Trinajstić information content (AvgIpc) is 3.19. The molecular formula is C23H20FN3O3S. The Morgan fingerprint density at radius 2 is 2.06 bits per heavy atom. The van der Waals surface area contributed by atoms with Crippen LogP contribution < -0.4 is 10.1 Å². The van der Waals surface area contributed by atoms with Gasteiger partial charge in [0.1, 0.15) is 23.7 Å². The number of thiophene rings is 1. The number of anilines is 1. The number of hydrogen-bond donors (Lipinski definition) is 2. The molecule has 0 fully saturated rings. The van der Waals surface area contributed by atoms with Crippen LogP contribution in [0.5, 0.6) is 5.75 Å².